The second kappa shape index (κ2) is 23.6. The van der Waals surface area contributed by atoms with Crippen LogP contribution in [0.25, 0.3) is 0 Å². The van der Waals surface area contributed by atoms with Gasteiger partial charge >= 0.3 is 6.09 Å². The Morgan fingerprint density at radius 2 is 1.18 bits per heavy atom. The Morgan fingerprint density at radius 3 is 1.67 bits per heavy atom. The van der Waals surface area contributed by atoms with Crippen LogP contribution in [0.1, 0.15) is 69.7 Å². The molecule has 0 aliphatic heterocycles. The van der Waals surface area contributed by atoms with Crippen LogP contribution in [0.5, 0.6) is 0 Å². The van der Waals surface area contributed by atoms with Crippen LogP contribution in [-0.4, -0.2) is 85.5 Å². The molecule has 4 aromatic rings. The fourth-order valence-corrected chi connectivity index (χ4v) is 6.33. The highest BCUT2D eigenvalue weighted by Crippen LogP contribution is 2.37. The molecule has 14 nitrogen and oxygen atoms in total. The van der Waals surface area contributed by atoms with Gasteiger partial charge in [-0.15, -0.1) is 0 Å². The van der Waals surface area contributed by atoms with Crippen molar-refractivity contribution in [3.8, 4) is 0 Å². The molecular formula is C46H56N4O10. The van der Waals surface area contributed by atoms with Crippen LogP contribution in [0.2, 0.25) is 0 Å². The predicted molar refractivity (Wildman–Crippen MR) is 224 cm³/mol. The third-order valence-corrected chi connectivity index (χ3v) is 9.00. The molecule has 1 atom stereocenters. The molecule has 4 aromatic carbocycles. The number of hydrogen-bond donors (Lipinski definition) is 3. The molecule has 0 saturated heterocycles. The van der Waals surface area contributed by atoms with Crippen molar-refractivity contribution in [3.05, 3.63) is 144 Å². The average Bonchev–Trinajstić information content (AvgIpc) is 3.24. The Kier molecular flexibility index (Phi) is 18.4. The van der Waals surface area contributed by atoms with Gasteiger partial charge in [-0.2, -0.15) is 5.48 Å². The van der Waals surface area contributed by atoms with Crippen LogP contribution in [0.4, 0.5) is 4.79 Å². The van der Waals surface area contributed by atoms with Gasteiger partial charge in [0.1, 0.15) is 18.2 Å². The number of nitrogens with one attached hydrogen (secondary N) is 3. The second-order valence-corrected chi connectivity index (χ2v) is 14.6. The molecule has 4 rings (SSSR count). The molecule has 0 bridgehead atoms. The Balaban J connectivity index is 1.66. The van der Waals surface area contributed by atoms with Crippen LogP contribution in [0.3, 0.4) is 0 Å². The maximum atomic E-state index is 14.7. The first-order valence-electron chi connectivity index (χ1n) is 19.9. The predicted octanol–water partition coefficient (Wildman–Crippen LogP) is 5.79. The normalized spacial score (nSPS) is 12.0. The van der Waals surface area contributed by atoms with Gasteiger partial charge < -0.3 is 29.6 Å². The van der Waals surface area contributed by atoms with E-state index in [0.29, 0.717) is 0 Å². The lowest BCUT2D eigenvalue weighted by Gasteiger charge is -2.37. The number of imide groups is 1. The van der Waals surface area contributed by atoms with Crippen molar-refractivity contribution < 1.29 is 47.8 Å². The number of hydrogen-bond acceptors (Lipinski definition) is 10. The van der Waals surface area contributed by atoms with Gasteiger partial charge in [0.05, 0.1) is 31.6 Å². The van der Waals surface area contributed by atoms with Crippen LogP contribution in [-0.2, 0) is 55.1 Å². The van der Waals surface area contributed by atoms with E-state index < -0.39 is 66.2 Å². The van der Waals surface area contributed by atoms with Gasteiger partial charge in [-0.25, -0.2) is 4.79 Å². The van der Waals surface area contributed by atoms with E-state index in [4.69, 9.17) is 23.8 Å². The summed E-state index contributed by atoms with van der Waals surface area (Å²) in [5.74, 6) is -3.05. The van der Waals surface area contributed by atoms with Gasteiger partial charge in [-0.1, -0.05) is 121 Å². The Bertz CT molecular complexity index is 1840. The average molecular weight is 825 g/mol. The van der Waals surface area contributed by atoms with E-state index in [1.54, 1.807) is 38.1 Å². The summed E-state index contributed by atoms with van der Waals surface area (Å²) in [6.07, 6.45) is -2.76. The third kappa shape index (κ3) is 14.4. The summed E-state index contributed by atoms with van der Waals surface area (Å²) < 4.78 is 22.3. The van der Waals surface area contributed by atoms with E-state index in [-0.39, 0.29) is 39.4 Å². The summed E-state index contributed by atoms with van der Waals surface area (Å²) in [7, 11) is 0. The zero-order chi connectivity index (χ0) is 43.4. The molecule has 0 spiro atoms. The Labute approximate surface area is 351 Å². The highest BCUT2D eigenvalue weighted by Gasteiger charge is 2.40. The molecular weight excluding hydrogens is 769 g/mol. The maximum Gasteiger partial charge on any atom is 0.431 e. The van der Waals surface area contributed by atoms with Gasteiger partial charge in [0.25, 0.3) is 5.91 Å². The topological polar surface area (TPSA) is 171 Å². The van der Waals surface area contributed by atoms with Crippen molar-refractivity contribution in [1.82, 2.24) is 21.0 Å². The molecule has 3 N–H and O–H groups in total. The summed E-state index contributed by atoms with van der Waals surface area (Å²) in [6, 6.07) is 35.5. The fraction of sp³-hybridized carbons (Fsp3) is 0.370. The van der Waals surface area contributed by atoms with Crippen LogP contribution >= 0.6 is 0 Å². The van der Waals surface area contributed by atoms with E-state index in [2.05, 4.69) is 10.6 Å². The number of ether oxygens (including phenoxy) is 4. The maximum absolute atomic E-state index is 14.7. The van der Waals surface area contributed by atoms with Gasteiger partial charge in [-0.05, 0) is 56.9 Å². The fourth-order valence-electron chi connectivity index (χ4n) is 6.33. The summed E-state index contributed by atoms with van der Waals surface area (Å²) in [5, 5.41) is 5.77. The molecule has 14 heteroatoms. The zero-order valence-corrected chi connectivity index (χ0v) is 34.9. The molecule has 0 aliphatic rings. The molecule has 0 aromatic heterocycles. The molecule has 1 unspecified atom stereocenters. The van der Waals surface area contributed by atoms with Crippen molar-refractivity contribution in [1.29, 1.82) is 0 Å². The number of benzene rings is 4. The Morgan fingerprint density at radius 1 is 0.683 bits per heavy atom. The smallest absolute Gasteiger partial charge is 0.431 e. The first-order chi connectivity index (χ1) is 28.9. The SMILES string of the molecule is CCOC(CN(C(=O)CCOC(C)(C)C)C(=O)C(CC(=O)NC(c1ccccc1)(c1ccccc1)c1ccccc1)NC(=O)CONC(=O)OCc1ccccc1)OCC. The zero-order valence-electron chi connectivity index (χ0n) is 34.9. The number of hydroxylamine groups is 1. The van der Waals surface area contributed by atoms with E-state index in [1.807, 2.05) is 123 Å². The number of carbonyl (C=O) groups is 5. The second-order valence-electron chi connectivity index (χ2n) is 14.6. The Hall–Kier alpha value is -5.93. The monoisotopic (exact) mass is 824 g/mol. The minimum Gasteiger partial charge on any atom is -0.443 e. The summed E-state index contributed by atoms with van der Waals surface area (Å²) in [5.41, 5.74) is 3.16. The van der Waals surface area contributed by atoms with Crippen LogP contribution < -0.4 is 16.1 Å². The lowest BCUT2D eigenvalue weighted by atomic mass is 9.77. The van der Waals surface area contributed by atoms with Crippen molar-refractivity contribution in [3.63, 3.8) is 0 Å². The van der Waals surface area contributed by atoms with Gasteiger partial charge in [0.2, 0.25) is 17.7 Å². The number of nitrogens with zero attached hydrogens (tertiary/aromatic N) is 1. The standard InChI is InChI=1S/C46H56N4O10/c1-6-56-42(57-7-2)31-50(41(53)28-29-59-45(3,4)5)43(54)38(47-40(52)33-60-49-44(55)58-32-34-20-12-8-13-21-34)30-39(51)48-46(35-22-14-9-15-23-35,36-24-16-10-17-25-36)37-26-18-11-19-27-37/h8-27,38,42H,6-7,28-33H2,1-5H3,(H,47,52)(H,48,51)(H,49,55). The summed E-state index contributed by atoms with van der Waals surface area (Å²) in [6.45, 7) is 8.29. The van der Waals surface area contributed by atoms with Crippen molar-refractivity contribution >= 4 is 29.7 Å². The first-order valence-corrected chi connectivity index (χ1v) is 19.9. The van der Waals surface area contributed by atoms with Gasteiger partial charge in [0.15, 0.2) is 12.9 Å². The molecule has 0 heterocycles. The highest BCUT2D eigenvalue weighted by molar-refractivity contribution is 6.01. The van der Waals surface area contributed by atoms with Crippen LogP contribution in [0.15, 0.2) is 121 Å². The molecule has 0 fully saturated rings. The van der Waals surface area contributed by atoms with Gasteiger partial charge in [0, 0.05) is 13.2 Å². The van der Waals surface area contributed by atoms with E-state index >= 15 is 0 Å². The number of carbonyl (C=O) groups excluding carboxylic acids is 5. The lowest BCUT2D eigenvalue weighted by Crippen LogP contribution is -2.56. The molecule has 0 radical (unpaired) electrons. The van der Waals surface area contributed by atoms with Crippen LogP contribution in [0, 0.1) is 0 Å². The van der Waals surface area contributed by atoms with E-state index in [0.717, 1.165) is 27.2 Å². The molecule has 60 heavy (non-hydrogen) atoms. The van der Waals surface area contributed by atoms with Crippen molar-refractivity contribution in [2.45, 2.75) is 77.5 Å². The van der Waals surface area contributed by atoms with E-state index in [1.165, 1.54) is 0 Å². The lowest BCUT2D eigenvalue weighted by molar-refractivity contribution is -0.169. The number of rotatable bonds is 22. The molecule has 320 valence electrons. The largest absolute Gasteiger partial charge is 0.443 e. The molecule has 5 amide bonds. The quantitative estimate of drug-likeness (QED) is 0.0501. The summed E-state index contributed by atoms with van der Waals surface area (Å²) >= 11 is 0. The molecule has 0 saturated carbocycles. The highest BCUT2D eigenvalue weighted by atomic mass is 16.7. The van der Waals surface area contributed by atoms with Crippen molar-refractivity contribution in [2.75, 3.05) is 33.0 Å². The van der Waals surface area contributed by atoms with E-state index in [9.17, 15) is 24.0 Å². The first kappa shape index (κ1) is 46.8. The minimum atomic E-state index is -1.61. The minimum absolute atomic E-state index is 0.00874. The summed E-state index contributed by atoms with van der Waals surface area (Å²) in [4.78, 5) is 75.0. The third-order valence-electron chi connectivity index (χ3n) is 9.00. The van der Waals surface area contributed by atoms with Gasteiger partial charge in [-0.3, -0.25) is 28.9 Å². The molecule has 0 aliphatic carbocycles. The number of amides is 5. The van der Waals surface area contributed by atoms with Crippen molar-refractivity contribution in [2.24, 2.45) is 0 Å².